The Labute approximate surface area is 146 Å². The summed E-state index contributed by atoms with van der Waals surface area (Å²) >= 11 is 0. The number of methoxy groups -OCH3 is 1. The van der Waals surface area contributed by atoms with Gasteiger partial charge < -0.3 is 4.74 Å². The Morgan fingerprint density at radius 1 is 1.12 bits per heavy atom. The summed E-state index contributed by atoms with van der Waals surface area (Å²) in [7, 11) is 1.63. The van der Waals surface area contributed by atoms with Crippen LogP contribution < -0.4 is 4.74 Å². The highest BCUT2D eigenvalue weighted by atomic mass is 16.5. The van der Waals surface area contributed by atoms with Crippen molar-refractivity contribution in [3.8, 4) is 11.8 Å². The molecule has 0 saturated heterocycles. The highest BCUT2D eigenvalue weighted by Gasteiger charge is 2.27. The van der Waals surface area contributed by atoms with Gasteiger partial charge in [-0.25, -0.2) is 0 Å². The summed E-state index contributed by atoms with van der Waals surface area (Å²) < 4.78 is 5.24. The second kappa shape index (κ2) is 7.14. The van der Waals surface area contributed by atoms with E-state index in [0.29, 0.717) is 5.69 Å². The summed E-state index contributed by atoms with van der Waals surface area (Å²) in [5, 5.41) is 11.5. The van der Waals surface area contributed by atoms with E-state index in [0.717, 1.165) is 22.1 Å². The van der Waals surface area contributed by atoms with E-state index < -0.39 is 11.8 Å². The van der Waals surface area contributed by atoms with Crippen molar-refractivity contribution in [1.82, 2.24) is 4.98 Å². The highest BCUT2D eigenvalue weighted by molar-refractivity contribution is 5.94. The first-order valence-electron chi connectivity index (χ1n) is 8.06. The minimum Gasteiger partial charge on any atom is -0.497 e. The topological polar surface area (TPSA) is 63.0 Å². The number of hydrogen-bond acceptors (Lipinski definition) is 4. The molecule has 0 aliphatic carbocycles. The van der Waals surface area contributed by atoms with Crippen molar-refractivity contribution >= 4 is 16.6 Å². The third kappa shape index (κ3) is 3.36. The van der Waals surface area contributed by atoms with E-state index in [2.05, 4.69) is 11.1 Å². The van der Waals surface area contributed by atoms with E-state index in [-0.39, 0.29) is 5.78 Å². The third-order valence-corrected chi connectivity index (χ3v) is 4.40. The molecule has 2 atom stereocenters. The van der Waals surface area contributed by atoms with E-state index in [1.807, 2.05) is 43.3 Å². The predicted octanol–water partition coefficient (Wildman–Crippen LogP) is 4.22. The van der Waals surface area contributed by atoms with E-state index >= 15 is 0 Å². The summed E-state index contributed by atoms with van der Waals surface area (Å²) in [6.45, 7) is 1.83. The quantitative estimate of drug-likeness (QED) is 0.702. The fraction of sp³-hybridized carbons (Fsp3) is 0.190. The third-order valence-electron chi connectivity index (χ3n) is 4.40. The number of fused-ring (bicyclic) bond motifs is 1. The minimum atomic E-state index is -0.859. The van der Waals surface area contributed by atoms with Crippen molar-refractivity contribution in [2.24, 2.45) is 0 Å². The van der Waals surface area contributed by atoms with Crippen molar-refractivity contribution in [1.29, 1.82) is 5.26 Å². The number of ether oxygens (including phenoxy) is 1. The number of carbonyl (C=O) groups excluding carboxylic acids is 1. The zero-order chi connectivity index (χ0) is 17.8. The molecule has 25 heavy (non-hydrogen) atoms. The Balaban J connectivity index is 1.91. The molecule has 0 radical (unpaired) electrons. The number of pyridine rings is 1. The SMILES string of the molecule is COc1ccc2cc([C@@H](C)C(=O)[C@@H](C#N)c3ccccn3)ccc2c1. The molecule has 0 spiro atoms. The van der Waals surface area contributed by atoms with Gasteiger partial charge in [-0.15, -0.1) is 0 Å². The van der Waals surface area contributed by atoms with Crippen LogP contribution in [0.3, 0.4) is 0 Å². The number of hydrogen-bond donors (Lipinski definition) is 0. The molecule has 1 heterocycles. The van der Waals surface area contributed by atoms with Crippen LogP contribution in [-0.4, -0.2) is 17.9 Å². The van der Waals surface area contributed by atoms with Gasteiger partial charge in [0, 0.05) is 12.1 Å². The smallest absolute Gasteiger partial charge is 0.163 e. The molecule has 0 aliphatic heterocycles. The first-order chi connectivity index (χ1) is 12.1. The van der Waals surface area contributed by atoms with Crippen molar-refractivity contribution in [3.63, 3.8) is 0 Å². The molecule has 2 aromatic carbocycles. The van der Waals surface area contributed by atoms with Gasteiger partial charge in [0.2, 0.25) is 0 Å². The van der Waals surface area contributed by atoms with Crippen LogP contribution in [0.15, 0.2) is 60.8 Å². The van der Waals surface area contributed by atoms with Gasteiger partial charge in [0.15, 0.2) is 5.78 Å². The van der Waals surface area contributed by atoms with Gasteiger partial charge in [0.1, 0.15) is 11.7 Å². The summed E-state index contributed by atoms with van der Waals surface area (Å²) in [5.41, 5.74) is 1.38. The maximum Gasteiger partial charge on any atom is 0.163 e. The van der Waals surface area contributed by atoms with Crippen LogP contribution in [-0.2, 0) is 4.79 Å². The monoisotopic (exact) mass is 330 g/mol. The standard InChI is InChI=1S/C21H18N2O2/c1-14(21(24)19(13-22)20-5-3-4-10-23-20)15-6-7-17-12-18(25-2)9-8-16(17)11-15/h3-12,14,19H,1-2H3/t14-,19+/m1/s1. The van der Waals surface area contributed by atoms with Crippen LogP contribution in [0, 0.1) is 11.3 Å². The van der Waals surface area contributed by atoms with Crippen molar-refractivity contribution in [2.75, 3.05) is 7.11 Å². The van der Waals surface area contributed by atoms with Gasteiger partial charge in [0.25, 0.3) is 0 Å². The Morgan fingerprint density at radius 3 is 2.56 bits per heavy atom. The van der Waals surface area contributed by atoms with Crippen LogP contribution in [0.1, 0.15) is 30.0 Å². The average Bonchev–Trinajstić information content (AvgIpc) is 2.67. The van der Waals surface area contributed by atoms with Gasteiger partial charge in [0.05, 0.1) is 18.9 Å². The van der Waals surface area contributed by atoms with Crippen LogP contribution in [0.25, 0.3) is 10.8 Å². The van der Waals surface area contributed by atoms with Crippen LogP contribution >= 0.6 is 0 Å². The molecule has 0 saturated carbocycles. The molecule has 124 valence electrons. The molecule has 3 aromatic rings. The molecule has 0 bridgehead atoms. The molecule has 3 rings (SSSR count). The number of ketones is 1. The van der Waals surface area contributed by atoms with E-state index in [1.165, 1.54) is 0 Å². The Bertz CT molecular complexity index is 945. The van der Waals surface area contributed by atoms with Crippen LogP contribution in [0.4, 0.5) is 0 Å². The number of Topliss-reactive ketones (excluding diaryl/α,β-unsaturated/α-hetero) is 1. The van der Waals surface area contributed by atoms with Crippen LogP contribution in [0.2, 0.25) is 0 Å². The number of nitrogens with zero attached hydrogens (tertiary/aromatic N) is 2. The lowest BCUT2D eigenvalue weighted by Gasteiger charge is -2.15. The molecule has 0 aliphatic rings. The molecule has 0 unspecified atom stereocenters. The zero-order valence-electron chi connectivity index (χ0n) is 14.1. The molecule has 4 heteroatoms. The summed E-state index contributed by atoms with van der Waals surface area (Å²) in [6.07, 6.45) is 1.60. The first kappa shape index (κ1) is 16.7. The van der Waals surface area contributed by atoms with Gasteiger partial charge in [-0.3, -0.25) is 9.78 Å². The van der Waals surface area contributed by atoms with Crippen molar-refractivity contribution < 1.29 is 9.53 Å². The maximum atomic E-state index is 12.8. The predicted molar refractivity (Wildman–Crippen MR) is 96.5 cm³/mol. The molecule has 4 nitrogen and oxygen atoms in total. The van der Waals surface area contributed by atoms with Gasteiger partial charge in [-0.05, 0) is 40.6 Å². The molecular formula is C21H18N2O2. The first-order valence-corrected chi connectivity index (χ1v) is 8.06. The normalized spacial score (nSPS) is 13.0. The summed E-state index contributed by atoms with van der Waals surface area (Å²) in [6, 6.07) is 19.1. The van der Waals surface area contributed by atoms with Gasteiger partial charge >= 0.3 is 0 Å². The highest BCUT2D eigenvalue weighted by Crippen LogP contribution is 2.28. The number of aromatic nitrogens is 1. The molecule has 0 N–H and O–H groups in total. The number of carbonyl (C=O) groups is 1. The second-order valence-electron chi connectivity index (χ2n) is 5.91. The van der Waals surface area contributed by atoms with Gasteiger partial charge in [-0.1, -0.05) is 37.3 Å². The minimum absolute atomic E-state index is 0.144. The molecular weight excluding hydrogens is 312 g/mol. The Hall–Kier alpha value is -3.19. The summed E-state index contributed by atoms with van der Waals surface area (Å²) in [5.74, 6) is -0.598. The van der Waals surface area contributed by atoms with Crippen molar-refractivity contribution in [3.05, 3.63) is 72.1 Å². The largest absolute Gasteiger partial charge is 0.497 e. The van der Waals surface area contributed by atoms with Crippen LogP contribution in [0.5, 0.6) is 5.75 Å². The fourth-order valence-corrected chi connectivity index (χ4v) is 2.88. The maximum absolute atomic E-state index is 12.8. The zero-order valence-corrected chi connectivity index (χ0v) is 14.1. The Morgan fingerprint density at radius 2 is 1.88 bits per heavy atom. The lowest BCUT2D eigenvalue weighted by atomic mass is 9.86. The number of benzene rings is 2. The lowest BCUT2D eigenvalue weighted by molar-refractivity contribution is -0.120. The van der Waals surface area contributed by atoms with Crippen molar-refractivity contribution in [2.45, 2.75) is 18.8 Å². The van der Waals surface area contributed by atoms with E-state index in [9.17, 15) is 10.1 Å². The Kier molecular flexibility index (Phi) is 4.76. The molecule has 0 amide bonds. The lowest BCUT2D eigenvalue weighted by Crippen LogP contribution is -2.18. The second-order valence-corrected chi connectivity index (χ2v) is 5.91. The van der Waals surface area contributed by atoms with E-state index in [4.69, 9.17) is 4.74 Å². The molecule has 1 aromatic heterocycles. The fourth-order valence-electron chi connectivity index (χ4n) is 2.88. The number of nitriles is 1. The van der Waals surface area contributed by atoms with Gasteiger partial charge in [-0.2, -0.15) is 5.26 Å². The molecule has 0 fully saturated rings. The van der Waals surface area contributed by atoms with E-state index in [1.54, 1.807) is 31.5 Å². The summed E-state index contributed by atoms with van der Waals surface area (Å²) in [4.78, 5) is 17.0. The average molecular weight is 330 g/mol. The number of rotatable bonds is 5.